The smallest absolute Gasteiger partial charge is 0.150 e. The molecule has 0 aliphatic carbocycles. The van der Waals surface area contributed by atoms with Crippen LogP contribution in [0.15, 0.2) is 66.9 Å². The monoisotopic (exact) mass is 287 g/mol. The van der Waals surface area contributed by atoms with Crippen molar-refractivity contribution in [2.75, 3.05) is 0 Å². The molecule has 0 fully saturated rings. The Morgan fingerprint density at radius 1 is 0.591 bits per heavy atom. The average molecular weight is 287 g/mol. The molecule has 0 saturated heterocycles. The van der Waals surface area contributed by atoms with Crippen LogP contribution in [0.1, 0.15) is 20.7 Å². The van der Waals surface area contributed by atoms with E-state index in [1.165, 1.54) is 0 Å². The van der Waals surface area contributed by atoms with Gasteiger partial charge in [0, 0.05) is 28.5 Å². The van der Waals surface area contributed by atoms with Crippen LogP contribution in [-0.2, 0) is 0 Å². The first-order chi connectivity index (χ1) is 10.8. The van der Waals surface area contributed by atoms with Gasteiger partial charge in [-0.1, -0.05) is 54.6 Å². The third-order valence-corrected chi connectivity index (χ3v) is 3.49. The van der Waals surface area contributed by atoms with Crippen molar-refractivity contribution in [3.05, 3.63) is 78.0 Å². The van der Waals surface area contributed by atoms with Crippen LogP contribution in [0, 0.1) is 0 Å². The highest BCUT2D eigenvalue weighted by atomic mass is 16.1. The number of carbonyl (C=O) groups is 2. The minimum Gasteiger partial charge on any atom is -0.298 e. The molecule has 22 heavy (non-hydrogen) atoms. The van der Waals surface area contributed by atoms with Crippen molar-refractivity contribution in [1.29, 1.82) is 0 Å². The van der Waals surface area contributed by atoms with Gasteiger partial charge in [-0.15, -0.1) is 0 Å². The standard InChI is InChI=1S/C19H13NO2/c21-12-14-1-5-16(6-2-14)18-9-10-19(20-11-18)17-7-3-15(13-22)4-8-17/h1-13H. The predicted octanol–water partition coefficient (Wildman–Crippen LogP) is 4.04. The Hall–Kier alpha value is -3.07. The van der Waals surface area contributed by atoms with E-state index in [-0.39, 0.29) is 0 Å². The van der Waals surface area contributed by atoms with Gasteiger partial charge in [-0.2, -0.15) is 0 Å². The van der Waals surface area contributed by atoms with Crippen molar-refractivity contribution in [3.8, 4) is 22.4 Å². The van der Waals surface area contributed by atoms with Gasteiger partial charge >= 0.3 is 0 Å². The van der Waals surface area contributed by atoms with E-state index >= 15 is 0 Å². The molecule has 1 heterocycles. The summed E-state index contributed by atoms with van der Waals surface area (Å²) >= 11 is 0. The minimum atomic E-state index is 0.649. The van der Waals surface area contributed by atoms with E-state index in [9.17, 15) is 9.59 Å². The second-order valence-electron chi connectivity index (χ2n) is 4.91. The van der Waals surface area contributed by atoms with Crippen molar-refractivity contribution >= 4 is 12.6 Å². The van der Waals surface area contributed by atoms with Crippen molar-refractivity contribution in [2.45, 2.75) is 0 Å². The lowest BCUT2D eigenvalue weighted by Crippen LogP contribution is -1.87. The lowest BCUT2D eigenvalue weighted by molar-refractivity contribution is 0.111. The molecule has 0 aliphatic heterocycles. The summed E-state index contributed by atoms with van der Waals surface area (Å²) in [7, 11) is 0. The average Bonchev–Trinajstić information content (AvgIpc) is 2.62. The lowest BCUT2D eigenvalue weighted by atomic mass is 10.0. The highest BCUT2D eigenvalue weighted by molar-refractivity contribution is 5.78. The van der Waals surface area contributed by atoms with Gasteiger partial charge in [0.1, 0.15) is 12.6 Å². The highest BCUT2D eigenvalue weighted by Gasteiger charge is 2.02. The zero-order valence-electron chi connectivity index (χ0n) is 11.8. The summed E-state index contributed by atoms with van der Waals surface area (Å²) < 4.78 is 0. The molecule has 0 amide bonds. The maximum absolute atomic E-state index is 10.7. The quantitative estimate of drug-likeness (QED) is 0.680. The summed E-state index contributed by atoms with van der Waals surface area (Å²) in [5.74, 6) is 0. The Bertz CT molecular complexity index is 718. The van der Waals surface area contributed by atoms with Crippen LogP contribution < -0.4 is 0 Å². The number of pyridine rings is 1. The molecule has 0 N–H and O–H groups in total. The summed E-state index contributed by atoms with van der Waals surface area (Å²) in [5, 5.41) is 0. The molecule has 3 heteroatoms. The zero-order valence-corrected chi connectivity index (χ0v) is 11.8. The first-order valence-electron chi connectivity index (χ1n) is 6.87. The third-order valence-electron chi connectivity index (χ3n) is 3.49. The number of hydrogen-bond donors (Lipinski definition) is 0. The molecule has 1 aromatic heterocycles. The molecular weight excluding hydrogens is 274 g/mol. The van der Waals surface area contributed by atoms with Gasteiger partial charge in [-0.05, 0) is 11.6 Å². The molecule has 0 bridgehead atoms. The number of rotatable bonds is 4. The Morgan fingerprint density at radius 3 is 1.55 bits per heavy atom. The highest BCUT2D eigenvalue weighted by Crippen LogP contribution is 2.23. The van der Waals surface area contributed by atoms with Gasteiger partial charge in [-0.25, -0.2) is 0 Å². The predicted molar refractivity (Wildman–Crippen MR) is 85.9 cm³/mol. The minimum absolute atomic E-state index is 0.649. The fourth-order valence-corrected chi connectivity index (χ4v) is 2.22. The van der Waals surface area contributed by atoms with Crippen LogP contribution in [-0.4, -0.2) is 17.6 Å². The summed E-state index contributed by atoms with van der Waals surface area (Å²) in [4.78, 5) is 25.8. The second-order valence-corrected chi connectivity index (χ2v) is 4.91. The maximum atomic E-state index is 10.7. The van der Waals surface area contributed by atoms with Gasteiger partial charge in [0.2, 0.25) is 0 Å². The molecule has 0 radical (unpaired) electrons. The molecule has 0 saturated carbocycles. The lowest BCUT2D eigenvalue weighted by Gasteiger charge is -2.04. The van der Waals surface area contributed by atoms with Gasteiger partial charge in [0.25, 0.3) is 0 Å². The number of aldehydes is 2. The molecule has 3 rings (SSSR count). The summed E-state index contributed by atoms with van der Waals surface area (Å²) in [6.07, 6.45) is 3.45. The molecule has 0 atom stereocenters. The number of benzene rings is 2. The summed E-state index contributed by atoms with van der Waals surface area (Å²) in [6, 6.07) is 18.6. The number of hydrogen-bond acceptors (Lipinski definition) is 3. The molecule has 106 valence electrons. The van der Waals surface area contributed by atoms with Crippen molar-refractivity contribution in [1.82, 2.24) is 4.98 Å². The summed E-state index contributed by atoms with van der Waals surface area (Å²) in [6.45, 7) is 0. The number of carbonyl (C=O) groups excluding carboxylic acids is 2. The van der Waals surface area contributed by atoms with Crippen LogP contribution in [0.4, 0.5) is 0 Å². The Morgan fingerprint density at radius 2 is 1.09 bits per heavy atom. The SMILES string of the molecule is O=Cc1ccc(-c2ccc(-c3ccc(C=O)cc3)nc2)cc1. The van der Waals surface area contributed by atoms with Crippen LogP contribution >= 0.6 is 0 Å². The molecule has 0 aliphatic rings. The molecule has 3 aromatic rings. The normalized spacial score (nSPS) is 10.2. The zero-order chi connectivity index (χ0) is 15.4. The van der Waals surface area contributed by atoms with Gasteiger partial charge in [-0.3, -0.25) is 14.6 Å². The van der Waals surface area contributed by atoms with E-state index in [2.05, 4.69) is 4.98 Å². The summed E-state index contributed by atoms with van der Waals surface area (Å²) in [5.41, 5.74) is 5.13. The van der Waals surface area contributed by atoms with E-state index in [1.54, 1.807) is 30.5 Å². The molecule has 2 aromatic carbocycles. The van der Waals surface area contributed by atoms with Crippen LogP contribution in [0.2, 0.25) is 0 Å². The molecule has 0 spiro atoms. The van der Waals surface area contributed by atoms with Crippen LogP contribution in [0.3, 0.4) is 0 Å². The number of aromatic nitrogens is 1. The fourth-order valence-electron chi connectivity index (χ4n) is 2.22. The van der Waals surface area contributed by atoms with E-state index in [0.717, 1.165) is 35.0 Å². The largest absolute Gasteiger partial charge is 0.298 e. The molecule has 0 unspecified atom stereocenters. The topological polar surface area (TPSA) is 47.0 Å². The Labute approximate surface area is 128 Å². The van der Waals surface area contributed by atoms with E-state index < -0.39 is 0 Å². The molecular formula is C19H13NO2. The van der Waals surface area contributed by atoms with E-state index in [1.807, 2.05) is 36.4 Å². The van der Waals surface area contributed by atoms with Gasteiger partial charge in [0.15, 0.2) is 0 Å². The van der Waals surface area contributed by atoms with Gasteiger partial charge < -0.3 is 0 Å². The Balaban J connectivity index is 1.87. The Kier molecular flexibility index (Phi) is 3.88. The third kappa shape index (κ3) is 2.83. The van der Waals surface area contributed by atoms with E-state index in [4.69, 9.17) is 0 Å². The van der Waals surface area contributed by atoms with Crippen LogP contribution in [0.5, 0.6) is 0 Å². The van der Waals surface area contributed by atoms with E-state index in [0.29, 0.717) is 11.1 Å². The first kappa shape index (κ1) is 13.9. The van der Waals surface area contributed by atoms with Crippen molar-refractivity contribution < 1.29 is 9.59 Å². The molecule has 3 nitrogen and oxygen atoms in total. The second kappa shape index (κ2) is 6.14. The van der Waals surface area contributed by atoms with Crippen LogP contribution in [0.25, 0.3) is 22.4 Å². The fraction of sp³-hybridized carbons (Fsp3) is 0. The number of nitrogens with zero attached hydrogens (tertiary/aromatic N) is 1. The van der Waals surface area contributed by atoms with Gasteiger partial charge in [0.05, 0.1) is 5.69 Å². The first-order valence-corrected chi connectivity index (χ1v) is 6.87. The maximum Gasteiger partial charge on any atom is 0.150 e. The van der Waals surface area contributed by atoms with Crippen molar-refractivity contribution in [2.24, 2.45) is 0 Å². The van der Waals surface area contributed by atoms with Crippen molar-refractivity contribution in [3.63, 3.8) is 0 Å².